The molecule has 0 aliphatic carbocycles. The van der Waals surface area contributed by atoms with Gasteiger partial charge in [-0.15, -0.1) is 0 Å². The quantitative estimate of drug-likeness (QED) is 0.234. The Kier molecular flexibility index (Phi) is 6.65. The Bertz CT molecular complexity index is 335. The van der Waals surface area contributed by atoms with Crippen molar-refractivity contribution in [3.63, 3.8) is 0 Å². The van der Waals surface area contributed by atoms with E-state index in [-0.39, 0.29) is 0 Å². The molecular weight excluding hydrogens is 304 g/mol. The summed E-state index contributed by atoms with van der Waals surface area (Å²) in [6.45, 7) is 2.28. The van der Waals surface area contributed by atoms with Gasteiger partial charge in [-0.05, 0) is 13.8 Å². The highest BCUT2D eigenvalue weighted by molar-refractivity contribution is 4.93. The molecule has 22 heavy (non-hydrogen) atoms. The van der Waals surface area contributed by atoms with Gasteiger partial charge in [-0.2, -0.15) is 0 Å². The summed E-state index contributed by atoms with van der Waals surface area (Å²) in [6.07, 6.45) is -9.24. The first kappa shape index (κ1) is 19.6. The molecule has 2 aliphatic rings. The van der Waals surface area contributed by atoms with Crippen molar-refractivity contribution in [3.05, 3.63) is 0 Å². The molecule has 2 aliphatic heterocycles. The zero-order valence-corrected chi connectivity index (χ0v) is 12.2. The zero-order chi connectivity index (χ0) is 17.2. The van der Waals surface area contributed by atoms with Crippen LogP contribution in [0, 0.1) is 0 Å². The van der Waals surface area contributed by atoms with Crippen molar-refractivity contribution in [2.45, 2.75) is 68.7 Å². The maximum Gasteiger partial charge on any atom is 0.219 e. The Hall–Kier alpha value is -0.400. The van der Waals surface area contributed by atoms with E-state index in [0.29, 0.717) is 0 Å². The summed E-state index contributed by atoms with van der Waals surface area (Å²) in [5.74, 6) is -2.00. The predicted molar refractivity (Wildman–Crippen MR) is 69.2 cm³/mol. The van der Waals surface area contributed by atoms with E-state index in [9.17, 15) is 5.11 Å². The molecule has 0 amide bonds. The fraction of sp³-hybridized carbons (Fsp3) is 1.00. The number of ether oxygens (including phenoxy) is 2. The molecule has 0 spiro atoms. The molecule has 2 heterocycles. The molecule has 0 bridgehead atoms. The Labute approximate surface area is 126 Å². The van der Waals surface area contributed by atoms with Gasteiger partial charge in [0.05, 0.1) is 18.8 Å². The van der Waals surface area contributed by atoms with E-state index in [1.165, 1.54) is 13.8 Å². The molecule has 9 atom stereocenters. The molecule has 10 nitrogen and oxygen atoms in total. The molecule has 0 radical (unpaired) electrons. The highest BCUT2D eigenvalue weighted by Gasteiger charge is 2.51. The minimum Gasteiger partial charge on any atom is -0.391 e. The van der Waals surface area contributed by atoms with Crippen molar-refractivity contribution in [3.8, 4) is 0 Å². The van der Waals surface area contributed by atoms with Gasteiger partial charge in [-0.25, -0.2) is 0 Å². The average molecular weight is 328 g/mol. The van der Waals surface area contributed by atoms with Crippen molar-refractivity contribution in [2.24, 2.45) is 0 Å². The minimum atomic E-state index is -2.00. The monoisotopic (exact) mass is 328 g/mol. The zero-order valence-electron chi connectivity index (χ0n) is 12.2. The smallest absolute Gasteiger partial charge is 0.219 e. The van der Waals surface area contributed by atoms with Gasteiger partial charge < -0.3 is 50.3 Å². The van der Waals surface area contributed by atoms with E-state index in [4.69, 9.17) is 40.5 Å². The minimum absolute atomic E-state index is 0.664. The van der Waals surface area contributed by atoms with Gasteiger partial charge in [0.15, 0.2) is 6.29 Å². The average Bonchev–Trinajstić information content (AvgIpc) is 2.68. The van der Waals surface area contributed by atoms with Crippen LogP contribution in [0.4, 0.5) is 0 Å². The fourth-order valence-corrected chi connectivity index (χ4v) is 2.14. The number of aliphatic hydroxyl groups is 8. The van der Waals surface area contributed by atoms with Crippen molar-refractivity contribution in [1.29, 1.82) is 0 Å². The highest BCUT2D eigenvalue weighted by atomic mass is 16.7. The van der Waals surface area contributed by atoms with Crippen molar-refractivity contribution in [2.75, 3.05) is 6.61 Å². The first-order valence-electron chi connectivity index (χ1n) is 6.80. The molecule has 2 rings (SSSR count). The van der Waals surface area contributed by atoms with Crippen LogP contribution >= 0.6 is 0 Å². The Morgan fingerprint density at radius 1 is 0.818 bits per heavy atom. The maximum absolute atomic E-state index is 9.23. The third-order valence-corrected chi connectivity index (χ3v) is 3.71. The molecule has 2 fully saturated rings. The molecule has 0 aromatic rings. The number of hydrogen-bond acceptors (Lipinski definition) is 10. The van der Waals surface area contributed by atoms with Crippen LogP contribution < -0.4 is 0 Å². The molecule has 8 N–H and O–H groups in total. The third-order valence-electron chi connectivity index (χ3n) is 3.71. The van der Waals surface area contributed by atoms with Crippen LogP contribution in [0.15, 0.2) is 0 Å². The van der Waals surface area contributed by atoms with Crippen LogP contribution in [0.25, 0.3) is 0 Å². The summed E-state index contributed by atoms with van der Waals surface area (Å²) in [6, 6.07) is 0. The summed E-state index contributed by atoms with van der Waals surface area (Å²) in [5, 5.41) is 72.0. The largest absolute Gasteiger partial charge is 0.391 e. The molecule has 9 unspecified atom stereocenters. The summed E-state index contributed by atoms with van der Waals surface area (Å²) in [7, 11) is 0. The molecule has 0 saturated carbocycles. The van der Waals surface area contributed by atoms with Gasteiger partial charge in [0.2, 0.25) is 5.79 Å². The van der Waals surface area contributed by atoms with E-state index >= 15 is 0 Å². The first-order valence-corrected chi connectivity index (χ1v) is 6.80. The van der Waals surface area contributed by atoms with Crippen LogP contribution in [0.2, 0.25) is 0 Å². The predicted octanol–water partition coefficient (Wildman–Crippen LogP) is -4.39. The Morgan fingerprint density at radius 2 is 1.36 bits per heavy atom. The third kappa shape index (κ3) is 3.92. The topological polar surface area (TPSA) is 180 Å². The lowest BCUT2D eigenvalue weighted by Gasteiger charge is -2.36. The molecule has 0 aromatic heterocycles. The molecule has 10 heteroatoms. The van der Waals surface area contributed by atoms with Gasteiger partial charge in [-0.3, -0.25) is 0 Å². The Balaban J connectivity index is 0.000000220. The lowest BCUT2D eigenvalue weighted by Crippen LogP contribution is -2.56. The fourth-order valence-electron chi connectivity index (χ4n) is 2.14. The number of aliphatic hydroxyl groups excluding tert-OH is 7. The van der Waals surface area contributed by atoms with Gasteiger partial charge >= 0.3 is 0 Å². The van der Waals surface area contributed by atoms with E-state index < -0.39 is 61.4 Å². The normalized spacial score (nSPS) is 52.1. The Morgan fingerprint density at radius 3 is 1.73 bits per heavy atom. The van der Waals surface area contributed by atoms with Crippen molar-refractivity contribution in [1.82, 2.24) is 0 Å². The van der Waals surface area contributed by atoms with Crippen LogP contribution in [0.3, 0.4) is 0 Å². The van der Waals surface area contributed by atoms with Crippen LogP contribution in [0.1, 0.15) is 13.8 Å². The lowest BCUT2D eigenvalue weighted by atomic mass is 10.0. The number of rotatable bonds is 1. The maximum atomic E-state index is 9.23. The van der Waals surface area contributed by atoms with Gasteiger partial charge in [-0.1, -0.05) is 0 Å². The van der Waals surface area contributed by atoms with Gasteiger partial charge in [0.25, 0.3) is 0 Å². The van der Waals surface area contributed by atoms with Crippen molar-refractivity contribution >= 4 is 0 Å². The summed E-state index contributed by atoms with van der Waals surface area (Å²) in [4.78, 5) is 0. The molecular formula is C12H24O10. The lowest BCUT2D eigenvalue weighted by molar-refractivity contribution is -0.277. The second-order valence-electron chi connectivity index (χ2n) is 5.46. The molecule has 2 saturated heterocycles. The van der Waals surface area contributed by atoms with Gasteiger partial charge in [0, 0.05) is 0 Å². The summed E-state index contributed by atoms with van der Waals surface area (Å²) < 4.78 is 9.40. The summed E-state index contributed by atoms with van der Waals surface area (Å²) in [5.41, 5.74) is 0. The summed E-state index contributed by atoms with van der Waals surface area (Å²) >= 11 is 0. The van der Waals surface area contributed by atoms with Crippen LogP contribution in [0.5, 0.6) is 0 Å². The van der Waals surface area contributed by atoms with Gasteiger partial charge in [0.1, 0.15) is 30.5 Å². The SMILES string of the molecule is CC1OC(O)(CO)C(O)C1O.CC1OC(O)C(O)C(O)C1O. The second kappa shape index (κ2) is 7.45. The standard InChI is InChI=1S/2C6H12O5/c1-3-4(8)5(9)6(10,2-7)11-3;1-2-3(7)4(8)5(9)6(10)11-2/h3-5,7-10H,2H2,1H3;2-10H,1H3. The molecule has 132 valence electrons. The van der Waals surface area contributed by atoms with Crippen LogP contribution in [-0.2, 0) is 9.47 Å². The number of hydrogen-bond donors (Lipinski definition) is 8. The molecule has 0 aromatic carbocycles. The van der Waals surface area contributed by atoms with E-state index in [1.807, 2.05) is 0 Å². The van der Waals surface area contributed by atoms with Crippen molar-refractivity contribution < 1.29 is 50.3 Å². The highest BCUT2D eigenvalue weighted by Crippen LogP contribution is 2.28. The van der Waals surface area contributed by atoms with E-state index in [2.05, 4.69) is 4.74 Å². The van der Waals surface area contributed by atoms with Crippen LogP contribution in [-0.4, -0.2) is 102 Å². The van der Waals surface area contributed by atoms with E-state index in [1.54, 1.807) is 0 Å². The van der Waals surface area contributed by atoms with E-state index in [0.717, 1.165) is 0 Å². The second-order valence-corrected chi connectivity index (χ2v) is 5.46. The first-order chi connectivity index (χ1) is 10.0.